The molecule has 0 bridgehead atoms. The molecule has 15 amide bonds. The fourth-order valence-electron chi connectivity index (χ4n) is 15.2. The van der Waals surface area contributed by atoms with E-state index in [1.54, 1.807) is 0 Å². The molecule has 4 aliphatic heterocycles. The highest BCUT2D eigenvalue weighted by Crippen LogP contribution is 2.42. The molecule has 26 N–H and O–H groups in total. The average Bonchev–Trinajstić information content (AvgIpc) is 0.817. The lowest BCUT2D eigenvalue weighted by molar-refractivity contribution is -0.270. The van der Waals surface area contributed by atoms with Gasteiger partial charge in [-0.1, -0.05) is 12.8 Å². The molecule has 1 aromatic carbocycles. The standard InChI is InChI=1S/C90H152N15O41P/c1-53(110)100-74-82(128)78(124)60(47-106)143-87(74)136-35-14-8-22-64(114)91-27-18-31-95-68(118)43-104(44-69(119)96-32-19-28-92-65(115)23-9-15-36-137-88-75(101-54(2)111)83(129)79(125)61(48-107)144-88)72(122)51-140-58-40-57(86(132)99-26-12-6-7-13-39-142-147(133,134)135-5)41-59(42-58)141-52-73(123)105(45-70(120)97-33-20-29-93-66(116)24-10-16-37-138-89-76(102-55(3)112)84(130)80(126)62(49-108)145-89)46-71(121)98-34-21-30-94-67(117)25-11-17-38-139-90-77(103-56(4)113)85(131)81(127)63(50-109)146-90/h40-42,60-63,74-85,87-90,106-109,124-131H,6-39,43-52H2,1-5H3,(H,91,114)(H,92,115)(H,93,116)(H,94,117)(H,95,118)(H,96,119)(H,97,120)(H,98,121)(H,99,132)(H,100,110)(H,101,111)(H,102,112)(H,103,113)(H,133,134). The van der Waals surface area contributed by atoms with Crippen molar-refractivity contribution in [3.05, 3.63) is 23.8 Å². The molecule has 57 heteroatoms. The number of amides is 15. The third-order valence-electron chi connectivity index (χ3n) is 23.1. The molecule has 0 spiro atoms. The second-order valence-corrected chi connectivity index (χ2v) is 36.7. The number of nitrogens with one attached hydrogen (secondary N) is 13. The van der Waals surface area contributed by atoms with Crippen LogP contribution in [0.3, 0.4) is 0 Å². The van der Waals surface area contributed by atoms with Gasteiger partial charge in [0.15, 0.2) is 38.4 Å². The number of ether oxygens (including phenoxy) is 10. The first-order valence-corrected chi connectivity index (χ1v) is 50.6. The molecule has 5 rings (SSSR count). The van der Waals surface area contributed by atoms with E-state index in [1.165, 1.54) is 45.9 Å². The van der Waals surface area contributed by atoms with E-state index in [0.29, 0.717) is 77.0 Å². The number of rotatable bonds is 72. The first-order valence-electron chi connectivity index (χ1n) is 49.1. The van der Waals surface area contributed by atoms with E-state index in [0.717, 1.165) is 16.9 Å². The van der Waals surface area contributed by atoms with Crippen LogP contribution in [0.2, 0.25) is 0 Å². The van der Waals surface area contributed by atoms with E-state index >= 15 is 0 Å². The van der Waals surface area contributed by atoms with Gasteiger partial charge in [0.05, 0.1) is 33.0 Å². The predicted octanol–water partition coefficient (Wildman–Crippen LogP) is -9.83. The Labute approximate surface area is 849 Å². The minimum atomic E-state index is -4.23. The summed E-state index contributed by atoms with van der Waals surface area (Å²) in [6.07, 6.45) is -17.1. The van der Waals surface area contributed by atoms with E-state index in [-0.39, 0.29) is 184 Å². The Bertz CT molecular complexity index is 3860. The summed E-state index contributed by atoms with van der Waals surface area (Å²) in [6.45, 7) is -2.84. The molecule has 4 fully saturated rings. The summed E-state index contributed by atoms with van der Waals surface area (Å²) < 4.78 is 78.2. The van der Waals surface area contributed by atoms with Crippen molar-refractivity contribution in [3.63, 3.8) is 0 Å². The van der Waals surface area contributed by atoms with Crippen LogP contribution in [0.1, 0.15) is 166 Å². The smallest absolute Gasteiger partial charge is 0.471 e. The maximum absolute atomic E-state index is 14.4. The molecular formula is C90H152N15O41P. The SMILES string of the molecule is COP(=O)(O)OCCCCCCNC(=O)c1cc(OCC(=O)N(CC(=O)NCCCNC(=O)CCCCOC2OC(CO)C(O)C(O)C2NC(C)=O)CC(=O)NCCCNC(=O)CCCCOC2OC(CO)C(O)C(O)C2NC(C)=O)cc(OCC(=O)N(CC(=O)NCCCNC(=O)CCCCOC2OC(CO)C(O)C(O)C2NC(C)=O)CC(=O)NCCCNC(=O)CCCCOC2OC(CO)C(O)C(O)C2NC(C)=O)c1. The van der Waals surface area contributed by atoms with Crippen LogP contribution in [0, 0.1) is 0 Å². The summed E-state index contributed by atoms with van der Waals surface area (Å²) in [5.41, 5.74) is -0.177. The van der Waals surface area contributed by atoms with Crippen LogP contribution in [0.15, 0.2) is 18.2 Å². The van der Waals surface area contributed by atoms with Crippen LogP contribution >= 0.6 is 7.82 Å². The molecule has 147 heavy (non-hydrogen) atoms. The molecule has 4 heterocycles. The molecule has 21 atom stereocenters. The van der Waals surface area contributed by atoms with Gasteiger partial charge in [-0.15, -0.1) is 0 Å². The van der Waals surface area contributed by atoms with E-state index in [1.807, 2.05) is 0 Å². The summed E-state index contributed by atoms with van der Waals surface area (Å²) in [4.78, 5) is 208. The molecule has 1 aromatic rings. The summed E-state index contributed by atoms with van der Waals surface area (Å²) in [5, 5.41) is 156. The Hall–Kier alpha value is -9.82. The van der Waals surface area contributed by atoms with Crippen LogP contribution in [-0.4, -0.2) is 452 Å². The van der Waals surface area contributed by atoms with Crippen molar-refractivity contribution in [1.29, 1.82) is 0 Å². The lowest BCUT2D eigenvalue weighted by Gasteiger charge is -2.42. The van der Waals surface area contributed by atoms with Crippen LogP contribution in [0.4, 0.5) is 0 Å². The lowest BCUT2D eigenvalue weighted by atomic mass is 9.97. The molecular weight excluding hydrogens is 1980 g/mol. The van der Waals surface area contributed by atoms with Gasteiger partial charge in [-0.25, -0.2) is 4.57 Å². The fraction of sp³-hybridized carbons (Fsp3) is 0.767. The van der Waals surface area contributed by atoms with Crippen LogP contribution in [0.5, 0.6) is 11.5 Å². The zero-order valence-corrected chi connectivity index (χ0v) is 84.4. The quantitative estimate of drug-likeness (QED) is 0.0213. The summed E-state index contributed by atoms with van der Waals surface area (Å²) in [6, 6.07) is -1.10. The van der Waals surface area contributed by atoms with E-state index in [9.17, 15) is 143 Å². The molecule has 0 aromatic heterocycles. The third-order valence-corrected chi connectivity index (χ3v) is 24.0. The zero-order chi connectivity index (χ0) is 109. The van der Waals surface area contributed by atoms with Crippen LogP contribution in [0.25, 0.3) is 0 Å². The number of carbonyl (C=O) groups excluding carboxylic acids is 15. The maximum atomic E-state index is 14.4. The number of carbonyl (C=O) groups is 15. The number of hydrogen-bond acceptors (Lipinski definition) is 40. The van der Waals surface area contributed by atoms with Gasteiger partial charge in [0.2, 0.25) is 70.9 Å². The second-order valence-electron chi connectivity index (χ2n) is 35.2. The van der Waals surface area contributed by atoms with Crippen molar-refractivity contribution < 1.29 is 199 Å². The molecule has 0 radical (unpaired) electrons. The number of aliphatic hydroxyl groups is 12. The van der Waals surface area contributed by atoms with E-state index in [4.69, 9.17) is 51.9 Å². The van der Waals surface area contributed by atoms with Crippen molar-refractivity contribution in [2.45, 2.75) is 279 Å². The fourth-order valence-corrected chi connectivity index (χ4v) is 15.6. The first kappa shape index (κ1) is 128. The highest BCUT2D eigenvalue weighted by molar-refractivity contribution is 7.47. The largest absolute Gasteiger partial charge is 0.484 e. The Morgan fingerprint density at radius 3 is 0.816 bits per heavy atom. The molecule has 0 saturated carbocycles. The second kappa shape index (κ2) is 70.3. The average molecular weight is 2130 g/mol. The number of unbranched alkanes of at least 4 members (excludes halogenated alkanes) is 7. The highest BCUT2D eigenvalue weighted by Gasteiger charge is 2.50. The van der Waals surface area contributed by atoms with Gasteiger partial charge in [0, 0.05) is 157 Å². The minimum absolute atomic E-state index is 0.00962. The van der Waals surface area contributed by atoms with Gasteiger partial charge < -0.3 is 192 Å². The number of hydrogen-bond donors (Lipinski definition) is 26. The molecule has 838 valence electrons. The van der Waals surface area contributed by atoms with Crippen molar-refractivity contribution in [2.75, 3.05) is 165 Å². The van der Waals surface area contributed by atoms with Crippen LogP contribution < -0.4 is 78.6 Å². The topological polar surface area (TPSA) is 810 Å². The number of aliphatic hydroxyl groups excluding tert-OH is 12. The van der Waals surface area contributed by atoms with Gasteiger partial charge in [-0.05, 0) is 102 Å². The molecule has 21 unspecified atom stereocenters. The van der Waals surface area contributed by atoms with E-state index < -0.39 is 261 Å². The third kappa shape index (κ3) is 49.2. The summed E-state index contributed by atoms with van der Waals surface area (Å²) >= 11 is 0. The van der Waals surface area contributed by atoms with E-state index in [2.05, 4.69) is 73.6 Å². The Morgan fingerprint density at radius 1 is 0.320 bits per heavy atom. The monoisotopic (exact) mass is 2130 g/mol. The first-order chi connectivity index (χ1) is 70.1. The predicted molar refractivity (Wildman–Crippen MR) is 507 cm³/mol. The normalized spacial score (nSPS) is 24.1. The van der Waals surface area contributed by atoms with Gasteiger partial charge in [0.25, 0.3) is 17.7 Å². The Kier molecular flexibility index (Phi) is 61.0. The summed E-state index contributed by atoms with van der Waals surface area (Å²) in [5.74, 6) is -10.0. The van der Waals surface area contributed by atoms with Gasteiger partial charge in [0.1, 0.15) is 135 Å². The van der Waals surface area contributed by atoms with Gasteiger partial charge >= 0.3 is 7.82 Å². The number of nitrogens with zero attached hydrogens (tertiary/aromatic N) is 2. The van der Waals surface area contributed by atoms with Crippen molar-refractivity contribution in [3.8, 4) is 11.5 Å². The lowest BCUT2D eigenvalue weighted by Crippen LogP contribution is -2.64. The van der Waals surface area contributed by atoms with Crippen molar-refractivity contribution >= 4 is 96.4 Å². The number of phosphoric ester groups is 1. The van der Waals surface area contributed by atoms with Crippen LogP contribution in [-0.2, 0) is 119 Å². The zero-order valence-electron chi connectivity index (χ0n) is 83.5. The van der Waals surface area contributed by atoms with Crippen molar-refractivity contribution in [2.24, 2.45) is 0 Å². The van der Waals surface area contributed by atoms with Gasteiger partial charge in [-0.3, -0.25) is 81.0 Å². The van der Waals surface area contributed by atoms with Crippen molar-refractivity contribution in [1.82, 2.24) is 78.9 Å². The Morgan fingerprint density at radius 2 is 0.565 bits per heavy atom. The Balaban J connectivity index is 1.28. The highest BCUT2D eigenvalue weighted by atomic mass is 31.2. The number of benzene rings is 1. The molecule has 4 saturated heterocycles. The number of phosphoric acid groups is 1. The molecule has 0 aliphatic carbocycles. The molecule has 56 nitrogen and oxygen atoms in total. The maximum Gasteiger partial charge on any atom is 0.471 e. The molecule has 4 aliphatic rings. The minimum Gasteiger partial charge on any atom is -0.484 e. The van der Waals surface area contributed by atoms with Gasteiger partial charge in [-0.2, -0.15) is 0 Å². The summed E-state index contributed by atoms with van der Waals surface area (Å²) in [7, 11) is -3.22.